The molecular formula is C26H32Cl2N2O2. The Morgan fingerprint density at radius 2 is 1.78 bits per heavy atom. The normalized spacial score (nSPS) is 21.6. The summed E-state index contributed by atoms with van der Waals surface area (Å²) in [5.74, 6) is 0.238. The van der Waals surface area contributed by atoms with Crippen LogP contribution in [-0.2, 0) is 16.1 Å². The summed E-state index contributed by atoms with van der Waals surface area (Å²) in [5, 5.41) is 3.82. The van der Waals surface area contributed by atoms with Gasteiger partial charge in [0.1, 0.15) is 11.9 Å². The van der Waals surface area contributed by atoms with E-state index in [4.69, 9.17) is 23.2 Å². The number of hydrogen-bond acceptors (Lipinski definition) is 2. The Kier molecular flexibility index (Phi) is 8.61. The minimum Gasteiger partial charge on any atom is -0.351 e. The molecule has 0 heterocycles. The van der Waals surface area contributed by atoms with Gasteiger partial charge in [0.2, 0.25) is 11.8 Å². The van der Waals surface area contributed by atoms with E-state index < -0.39 is 6.04 Å². The zero-order valence-electron chi connectivity index (χ0n) is 19.0. The predicted octanol–water partition coefficient (Wildman–Crippen LogP) is 5.90. The number of benzene rings is 2. The topological polar surface area (TPSA) is 49.4 Å². The average Bonchev–Trinajstić information content (AvgIpc) is 2.78. The number of aryl methyl sites for hydroxylation is 1. The van der Waals surface area contributed by atoms with Crippen molar-refractivity contribution in [2.75, 3.05) is 5.88 Å². The van der Waals surface area contributed by atoms with Gasteiger partial charge < -0.3 is 10.2 Å². The van der Waals surface area contributed by atoms with Crippen LogP contribution in [0.4, 0.5) is 0 Å². The summed E-state index contributed by atoms with van der Waals surface area (Å²) in [4.78, 5) is 28.2. The second-order valence-electron chi connectivity index (χ2n) is 8.94. The summed E-state index contributed by atoms with van der Waals surface area (Å²) >= 11 is 12.4. The van der Waals surface area contributed by atoms with Crippen LogP contribution in [0.2, 0.25) is 5.02 Å². The van der Waals surface area contributed by atoms with Crippen LogP contribution >= 0.6 is 23.2 Å². The molecule has 1 fully saturated rings. The highest BCUT2D eigenvalue weighted by molar-refractivity contribution is 6.31. The number of rotatable bonds is 7. The maximum atomic E-state index is 13.7. The predicted molar refractivity (Wildman–Crippen MR) is 131 cm³/mol. The molecule has 3 rings (SSSR count). The van der Waals surface area contributed by atoms with Crippen molar-refractivity contribution in [2.24, 2.45) is 11.8 Å². The molecule has 0 bridgehead atoms. The highest BCUT2D eigenvalue weighted by Gasteiger charge is 2.35. The molecule has 1 aliphatic carbocycles. The van der Waals surface area contributed by atoms with Crippen LogP contribution in [-0.4, -0.2) is 28.6 Å². The Balaban J connectivity index is 1.97. The Hall–Kier alpha value is -2.04. The van der Waals surface area contributed by atoms with Gasteiger partial charge in [0, 0.05) is 17.6 Å². The Morgan fingerprint density at radius 1 is 1.09 bits per heavy atom. The van der Waals surface area contributed by atoms with E-state index in [1.807, 2.05) is 49.4 Å². The first-order chi connectivity index (χ1) is 15.3. The highest BCUT2D eigenvalue weighted by Crippen LogP contribution is 2.31. The van der Waals surface area contributed by atoms with Gasteiger partial charge in [0.25, 0.3) is 0 Å². The van der Waals surface area contributed by atoms with Gasteiger partial charge in [-0.3, -0.25) is 9.59 Å². The smallest absolute Gasteiger partial charge is 0.247 e. The van der Waals surface area contributed by atoms with Gasteiger partial charge in [0.15, 0.2) is 0 Å². The van der Waals surface area contributed by atoms with Crippen molar-refractivity contribution < 1.29 is 9.59 Å². The maximum absolute atomic E-state index is 13.7. The molecule has 1 N–H and O–H groups in total. The van der Waals surface area contributed by atoms with Gasteiger partial charge in [0.05, 0.1) is 0 Å². The van der Waals surface area contributed by atoms with Gasteiger partial charge in [-0.05, 0) is 42.4 Å². The molecular weight excluding hydrogens is 443 g/mol. The molecule has 0 unspecified atom stereocenters. The molecule has 2 aromatic carbocycles. The van der Waals surface area contributed by atoms with Crippen LogP contribution in [0.5, 0.6) is 0 Å². The summed E-state index contributed by atoms with van der Waals surface area (Å²) in [6.45, 7) is 6.63. The number of hydrogen-bond donors (Lipinski definition) is 1. The molecule has 1 saturated carbocycles. The lowest BCUT2D eigenvalue weighted by molar-refractivity contribution is -0.140. The monoisotopic (exact) mass is 474 g/mol. The molecule has 32 heavy (non-hydrogen) atoms. The molecule has 0 aromatic heterocycles. The van der Waals surface area contributed by atoms with Crippen LogP contribution in [0.1, 0.15) is 55.8 Å². The molecule has 6 heteroatoms. The van der Waals surface area contributed by atoms with Gasteiger partial charge in [-0.1, -0.05) is 86.3 Å². The molecule has 2 aromatic rings. The minimum atomic E-state index is -0.789. The van der Waals surface area contributed by atoms with Gasteiger partial charge in [-0.2, -0.15) is 0 Å². The van der Waals surface area contributed by atoms with Crippen LogP contribution in [0.3, 0.4) is 0 Å². The fraction of sp³-hybridized carbons (Fsp3) is 0.462. The largest absolute Gasteiger partial charge is 0.351 e. The lowest BCUT2D eigenvalue weighted by Gasteiger charge is -2.37. The number of nitrogens with one attached hydrogen (secondary N) is 1. The molecule has 0 spiro atoms. The first-order valence-corrected chi connectivity index (χ1v) is 12.2. The van der Waals surface area contributed by atoms with Crippen molar-refractivity contribution in [3.63, 3.8) is 0 Å². The number of amides is 2. The van der Waals surface area contributed by atoms with Crippen molar-refractivity contribution in [1.29, 1.82) is 0 Å². The van der Waals surface area contributed by atoms with Crippen molar-refractivity contribution in [3.8, 4) is 0 Å². The quantitative estimate of drug-likeness (QED) is 0.507. The lowest BCUT2D eigenvalue weighted by atomic mass is 9.78. The van der Waals surface area contributed by atoms with E-state index in [1.165, 1.54) is 6.42 Å². The molecule has 172 valence electrons. The number of carbonyl (C=O) groups is 2. The second kappa shape index (κ2) is 11.2. The highest BCUT2D eigenvalue weighted by atomic mass is 35.5. The third-order valence-corrected chi connectivity index (χ3v) is 7.32. The maximum Gasteiger partial charge on any atom is 0.247 e. The Labute approximate surface area is 201 Å². The van der Waals surface area contributed by atoms with Crippen molar-refractivity contribution in [3.05, 3.63) is 70.2 Å². The van der Waals surface area contributed by atoms with E-state index in [1.54, 1.807) is 11.0 Å². The summed E-state index contributed by atoms with van der Waals surface area (Å²) in [5.41, 5.74) is 2.62. The van der Waals surface area contributed by atoms with E-state index in [9.17, 15) is 9.59 Å². The van der Waals surface area contributed by atoms with Crippen molar-refractivity contribution in [2.45, 2.75) is 58.7 Å². The first kappa shape index (κ1) is 24.6. The molecule has 4 atom stereocenters. The van der Waals surface area contributed by atoms with Gasteiger partial charge in [-0.15, -0.1) is 11.6 Å². The van der Waals surface area contributed by atoms with Crippen LogP contribution < -0.4 is 5.32 Å². The molecule has 0 saturated heterocycles. The second-order valence-corrected chi connectivity index (χ2v) is 9.62. The van der Waals surface area contributed by atoms with E-state index in [-0.39, 0.29) is 30.3 Å². The number of halogens is 2. The molecule has 0 radical (unpaired) electrons. The van der Waals surface area contributed by atoms with Crippen molar-refractivity contribution >= 4 is 35.0 Å². The van der Waals surface area contributed by atoms with Crippen molar-refractivity contribution in [1.82, 2.24) is 10.2 Å². The zero-order chi connectivity index (χ0) is 23.3. The number of carbonyl (C=O) groups excluding carboxylic acids is 2. The number of nitrogens with zero attached hydrogens (tertiary/aromatic N) is 1. The Morgan fingerprint density at radius 3 is 2.44 bits per heavy atom. The Bertz CT molecular complexity index is 932. The molecule has 0 aliphatic heterocycles. The molecule has 4 nitrogen and oxygen atoms in total. The van der Waals surface area contributed by atoms with Crippen LogP contribution in [0.15, 0.2) is 48.5 Å². The average molecular weight is 475 g/mol. The van der Waals surface area contributed by atoms with E-state index in [2.05, 4.69) is 19.2 Å². The molecule has 2 amide bonds. The van der Waals surface area contributed by atoms with E-state index >= 15 is 0 Å². The zero-order valence-corrected chi connectivity index (χ0v) is 20.5. The lowest BCUT2D eigenvalue weighted by Crippen LogP contribution is -2.50. The van der Waals surface area contributed by atoms with E-state index in [0.717, 1.165) is 29.5 Å². The van der Waals surface area contributed by atoms with Gasteiger partial charge >= 0.3 is 0 Å². The van der Waals surface area contributed by atoms with Crippen LogP contribution in [0, 0.1) is 18.8 Å². The summed E-state index contributed by atoms with van der Waals surface area (Å²) in [6.07, 6.45) is 3.22. The standard InChI is InChI=1S/C26H32Cl2N2O2/c1-17-11-13-20(14-12-17)25(26(32)29-23-10-6-7-18(2)19(23)3)30(24(31)15-27)16-21-8-4-5-9-22(21)28/h4-5,8-9,11-14,18-19,23,25H,6-7,10,15-16H2,1-3H3,(H,29,32)/t18-,19-,23+,25+/m0/s1. The fourth-order valence-corrected chi connectivity index (χ4v) is 4.83. The summed E-state index contributed by atoms with van der Waals surface area (Å²) < 4.78 is 0. The van der Waals surface area contributed by atoms with Gasteiger partial charge in [-0.25, -0.2) is 0 Å². The van der Waals surface area contributed by atoms with Crippen LogP contribution in [0.25, 0.3) is 0 Å². The summed E-state index contributed by atoms with van der Waals surface area (Å²) in [7, 11) is 0. The third kappa shape index (κ3) is 5.85. The number of alkyl halides is 1. The molecule has 1 aliphatic rings. The fourth-order valence-electron chi connectivity index (χ4n) is 4.48. The van der Waals surface area contributed by atoms with E-state index in [0.29, 0.717) is 16.9 Å². The first-order valence-electron chi connectivity index (χ1n) is 11.3. The third-order valence-electron chi connectivity index (χ3n) is 6.72. The minimum absolute atomic E-state index is 0.0902. The SMILES string of the molecule is Cc1ccc([C@H](C(=O)N[C@@H]2CCC[C@H](C)[C@@H]2C)N(Cc2ccccc2Cl)C(=O)CCl)cc1. The summed E-state index contributed by atoms with van der Waals surface area (Å²) in [6, 6.07) is 14.4.